The highest BCUT2D eigenvalue weighted by molar-refractivity contribution is 7.21. The Labute approximate surface area is 211 Å². The Hall–Kier alpha value is -3.02. The predicted molar refractivity (Wildman–Crippen MR) is 135 cm³/mol. The van der Waals surface area contributed by atoms with Crippen LogP contribution in [0.3, 0.4) is 0 Å². The molecule has 6 heterocycles. The van der Waals surface area contributed by atoms with E-state index < -0.39 is 6.55 Å². The maximum absolute atomic E-state index is 12.9. The minimum Gasteiger partial charge on any atom is -0.381 e. The zero-order valence-electron chi connectivity index (χ0n) is 19.7. The highest BCUT2D eigenvalue weighted by atomic mass is 32.1. The van der Waals surface area contributed by atoms with Crippen molar-refractivity contribution in [1.82, 2.24) is 29.6 Å². The van der Waals surface area contributed by atoms with Gasteiger partial charge in [-0.25, -0.2) is 19.6 Å². The van der Waals surface area contributed by atoms with Crippen LogP contribution in [0.5, 0.6) is 0 Å². The van der Waals surface area contributed by atoms with Crippen LogP contribution >= 0.6 is 11.3 Å². The number of likely N-dealkylation sites (tertiary alicyclic amines) is 1. The molecule has 2 aliphatic rings. The van der Waals surface area contributed by atoms with Crippen LogP contribution in [0.2, 0.25) is 0 Å². The van der Waals surface area contributed by atoms with Gasteiger partial charge in [0.1, 0.15) is 16.6 Å². The van der Waals surface area contributed by atoms with E-state index in [0.29, 0.717) is 27.0 Å². The highest BCUT2D eigenvalue weighted by Gasteiger charge is 2.22. The van der Waals surface area contributed by atoms with Crippen molar-refractivity contribution in [3.8, 4) is 10.6 Å². The average molecular weight is 512 g/mol. The summed E-state index contributed by atoms with van der Waals surface area (Å²) in [4.78, 5) is 16.7. The van der Waals surface area contributed by atoms with Gasteiger partial charge in [0, 0.05) is 43.8 Å². The molecule has 4 aromatic heterocycles. The van der Waals surface area contributed by atoms with E-state index in [-0.39, 0.29) is 0 Å². The van der Waals surface area contributed by atoms with Crippen LogP contribution in [0.4, 0.5) is 20.4 Å². The Balaban J connectivity index is 1.25. The lowest BCUT2D eigenvalue weighted by molar-refractivity contribution is 0.0566. The normalized spacial score (nSPS) is 17.4. The lowest BCUT2D eigenvalue weighted by atomic mass is 9.90. The minimum atomic E-state index is -2.67. The van der Waals surface area contributed by atoms with E-state index in [9.17, 15) is 8.78 Å². The summed E-state index contributed by atoms with van der Waals surface area (Å²) in [7, 11) is 0. The first kappa shape index (κ1) is 23.4. The van der Waals surface area contributed by atoms with Crippen LogP contribution in [-0.4, -0.2) is 55.9 Å². The number of hydrogen-bond donors (Lipinski definition) is 1. The molecular formula is C25H27F2N7OS. The van der Waals surface area contributed by atoms with Crippen LogP contribution < -0.4 is 5.32 Å². The summed E-state index contributed by atoms with van der Waals surface area (Å²) in [6, 6.07) is 6.09. The van der Waals surface area contributed by atoms with Crippen molar-refractivity contribution in [2.24, 2.45) is 0 Å². The number of alkyl halides is 2. The molecule has 0 amide bonds. The van der Waals surface area contributed by atoms with E-state index in [1.807, 2.05) is 12.1 Å². The first-order valence-corrected chi connectivity index (χ1v) is 13.1. The number of hydrogen-bond acceptors (Lipinski definition) is 8. The van der Waals surface area contributed by atoms with Gasteiger partial charge in [-0.1, -0.05) is 6.07 Å². The Morgan fingerprint density at radius 2 is 1.92 bits per heavy atom. The highest BCUT2D eigenvalue weighted by Crippen LogP contribution is 2.33. The molecule has 0 saturated carbocycles. The smallest absolute Gasteiger partial charge is 0.333 e. The molecule has 0 radical (unpaired) electrons. The van der Waals surface area contributed by atoms with Gasteiger partial charge in [0.25, 0.3) is 0 Å². The molecule has 8 nitrogen and oxygen atoms in total. The molecule has 0 spiro atoms. The third kappa shape index (κ3) is 4.95. The number of halogens is 2. The van der Waals surface area contributed by atoms with Crippen LogP contribution in [0.15, 0.2) is 36.8 Å². The minimum absolute atomic E-state index is 0.482. The molecule has 11 heteroatoms. The maximum Gasteiger partial charge on any atom is 0.333 e. The van der Waals surface area contributed by atoms with E-state index in [2.05, 4.69) is 31.3 Å². The quantitative estimate of drug-likeness (QED) is 0.347. The fourth-order valence-corrected chi connectivity index (χ4v) is 5.84. The van der Waals surface area contributed by atoms with Crippen LogP contribution in [0.1, 0.15) is 49.4 Å². The topological polar surface area (TPSA) is 81.0 Å². The van der Waals surface area contributed by atoms with Crippen molar-refractivity contribution >= 4 is 33.2 Å². The average Bonchev–Trinajstić information content (AvgIpc) is 3.65. The molecule has 6 rings (SSSR count). The number of rotatable bonds is 7. The summed E-state index contributed by atoms with van der Waals surface area (Å²) in [5, 5.41) is 7.68. The molecule has 0 aromatic carbocycles. The molecule has 2 saturated heterocycles. The first-order chi connectivity index (χ1) is 17.6. The van der Waals surface area contributed by atoms with Gasteiger partial charge in [-0.2, -0.15) is 13.9 Å². The number of fused-ring (bicyclic) bond motifs is 1. The fourth-order valence-electron chi connectivity index (χ4n) is 4.95. The number of aromatic nitrogens is 5. The molecule has 1 N–H and O–H groups in total. The maximum atomic E-state index is 12.9. The second kappa shape index (κ2) is 10.2. The fraction of sp³-hybridized carbons (Fsp3) is 0.440. The second-order valence-corrected chi connectivity index (χ2v) is 10.3. The van der Waals surface area contributed by atoms with Crippen LogP contribution in [-0.2, 0) is 11.3 Å². The van der Waals surface area contributed by atoms with Crippen LogP contribution in [0.25, 0.3) is 20.8 Å². The zero-order chi connectivity index (χ0) is 24.5. The Bertz CT molecular complexity index is 1350. The first-order valence-electron chi connectivity index (χ1n) is 12.3. The number of anilines is 2. The zero-order valence-corrected chi connectivity index (χ0v) is 20.6. The van der Waals surface area contributed by atoms with Gasteiger partial charge in [-0.05, 0) is 56.3 Å². The lowest BCUT2D eigenvalue weighted by Crippen LogP contribution is -2.22. The summed E-state index contributed by atoms with van der Waals surface area (Å²) >= 11 is 1.40. The van der Waals surface area contributed by atoms with E-state index in [1.54, 1.807) is 6.20 Å². The monoisotopic (exact) mass is 511 g/mol. The number of nitrogens with zero attached hydrogens (tertiary/aromatic N) is 6. The van der Waals surface area contributed by atoms with E-state index in [1.165, 1.54) is 42.1 Å². The molecule has 2 fully saturated rings. The summed E-state index contributed by atoms with van der Waals surface area (Å²) in [6.45, 7) is 2.02. The predicted octanol–water partition coefficient (Wildman–Crippen LogP) is 5.58. The van der Waals surface area contributed by atoms with Gasteiger partial charge in [0.15, 0.2) is 0 Å². The van der Waals surface area contributed by atoms with Gasteiger partial charge in [0.05, 0.1) is 22.1 Å². The van der Waals surface area contributed by atoms with Crippen molar-refractivity contribution in [3.05, 3.63) is 48.0 Å². The van der Waals surface area contributed by atoms with Gasteiger partial charge in [-0.3, -0.25) is 4.90 Å². The van der Waals surface area contributed by atoms with Gasteiger partial charge in [-0.15, -0.1) is 11.3 Å². The third-order valence-corrected chi connectivity index (χ3v) is 7.88. The standard InChI is InChI=1S/C25H27F2N7OS/c26-25(27)34-14-17(12-29-34)24-31-19-11-23(28-13-21(19)36-24)32-22-4-3-18(16-5-9-35-10-6-16)20(30-22)15-33-7-1-2-8-33/h3-4,11-14,16,25H,1-2,5-10,15H2,(H,28,30,32). The summed E-state index contributed by atoms with van der Waals surface area (Å²) < 4.78 is 32.8. The molecule has 188 valence electrons. The molecule has 0 bridgehead atoms. The molecule has 0 unspecified atom stereocenters. The number of thiazole rings is 1. The van der Waals surface area contributed by atoms with Gasteiger partial charge < -0.3 is 10.1 Å². The van der Waals surface area contributed by atoms with E-state index in [4.69, 9.17) is 9.72 Å². The second-order valence-electron chi connectivity index (χ2n) is 9.27. The molecular weight excluding hydrogens is 484 g/mol. The molecule has 36 heavy (non-hydrogen) atoms. The third-order valence-electron chi connectivity index (χ3n) is 6.82. The van der Waals surface area contributed by atoms with Crippen molar-refractivity contribution in [3.63, 3.8) is 0 Å². The van der Waals surface area contributed by atoms with Crippen LogP contribution in [0, 0.1) is 0 Å². The molecule has 0 atom stereocenters. The van der Waals surface area contributed by atoms with Crippen molar-refractivity contribution in [2.75, 3.05) is 31.6 Å². The Morgan fingerprint density at radius 1 is 1.08 bits per heavy atom. The number of pyridine rings is 2. The summed E-state index contributed by atoms with van der Waals surface area (Å²) in [6.07, 6.45) is 9.01. The van der Waals surface area contributed by atoms with E-state index >= 15 is 0 Å². The lowest BCUT2D eigenvalue weighted by Gasteiger charge is -2.26. The van der Waals surface area contributed by atoms with Gasteiger partial charge in [0.2, 0.25) is 0 Å². The number of nitrogens with one attached hydrogen (secondary N) is 1. The van der Waals surface area contributed by atoms with Crippen molar-refractivity contribution in [1.29, 1.82) is 0 Å². The Kier molecular flexibility index (Phi) is 6.60. The van der Waals surface area contributed by atoms with Crippen molar-refractivity contribution in [2.45, 2.75) is 44.7 Å². The van der Waals surface area contributed by atoms with E-state index in [0.717, 1.165) is 67.4 Å². The summed E-state index contributed by atoms with van der Waals surface area (Å²) in [5.41, 5.74) is 3.76. The molecule has 2 aliphatic heterocycles. The summed E-state index contributed by atoms with van der Waals surface area (Å²) in [5.74, 6) is 1.87. The Morgan fingerprint density at radius 3 is 2.69 bits per heavy atom. The van der Waals surface area contributed by atoms with Crippen molar-refractivity contribution < 1.29 is 13.5 Å². The SMILES string of the molecule is FC(F)n1cc(-c2nc3cc(Nc4ccc(C5CCOCC5)c(CN5CCCC5)n4)ncc3s2)cn1. The largest absolute Gasteiger partial charge is 0.381 e. The number of ether oxygens (including phenoxy) is 1. The molecule has 0 aliphatic carbocycles. The molecule has 4 aromatic rings. The van der Waals surface area contributed by atoms with Gasteiger partial charge >= 0.3 is 6.55 Å².